The first-order valence-electron chi connectivity index (χ1n) is 9.04. The topological polar surface area (TPSA) is 33.2 Å². The predicted octanol–water partition coefficient (Wildman–Crippen LogP) is 4.86. The summed E-state index contributed by atoms with van der Waals surface area (Å²) in [4.78, 5) is 20.3. The summed E-state index contributed by atoms with van der Waals surface area (Å²) in [6, 6.07) is 18.8. The minimum Gasteiger partial charge on any atom is -0.338 e. The average Bonchev–Trinajstić information content (AvgIpc) is 2.71. The number of fused-ring (bicyclic) bond motifs is 2. The van der Waals surface area contributed by atoms with Crippen molar-refractivity contribution in [2.75, 3.05) is 12.8 Å². The van der Waals surface area contributed by atoms with E-state index in [1.165, 1.54) is 11.1 Å². The van der Waals surface area contributed by atoms with Gasteiger partial charge in [0.1, 0.15) is 0 Å². The summed E-state index contributed by atoms with van der Waals surface area (Å²) in [5, 5.41) is 1.11. The first-order valence-corrected chi connectivity index (χ1v) is 10.0. The molecule has 26 heavy (non-hydrogen) atoms. The highest BCUT2D eigenvalue weighted by molar-refractivity contribution is 8.00. The summed E-state index contributed by atoms with van der Waals surface area (Å²) >= 11 is 1.60. The zero-order chi connectivity index (χ0) is 17.9. The molecule has 1 atom stereocenters. The van der Waals surface area contributed by atoms with Crippen molar-refractivity contribution in [2.45, 2.75) is 30.2 Å². The fourth-order valence-electron chi connectivity index (χ4n) is 3.74. The molecule has 0 N–H and O–H groups in total. The first kappa shape index (κ1) is 17.1. The Morgan fingerprint density at radius 2 is 1.96 bits per heavy atom. The van der Waals surface area contributed by atoms with Crippen LogP contribution in [0, 0.1) is 0 Å². The fourth-order valence-corrected chi connectivity index (χ4v) is 4.71. The van der Waals surface area contributed by atoms with Gasteiger partial charge in [-0.3, -0.25) is 9.78 Å². The number of para-hydroxylation sites is 1. The second-order valence-corrected chi connectivity index (χ2v) is 7.74. The van der Waals surface area contributed by atoms with Gasteiger partial charge < -0.3 is 4.90 Å². The van der Waals surface area contributed by atoms with Crippen LogP contribution in [-0.2, 0) is 11.2 Å². The van der Waals surface area contributed by atoms with E-state index >= 15 is 0 Å². The second-order valence-electron chi connectivity index (χ2n) is 6.73. The molecule has 0 aliphatic heterocycles. The highest BCUT2D eigenvalue weighted by atomic mass is 32.2. The predicted molar refractivity (Wildman–Crippen MR) is 107 cm³/mol. The molecular formula is C22H22N2OS. The summed E-state index contributed by atoms with van der Waals surface area (Å²) in [5.41, 5.74) is 3.67. The highest BCUT2D eigenvalue weighted by Crippen LogP contribution is 2.34. The maximum Gasteiger partial charge on any atom is 0.233 e. The number of thioether (sulfide) groups is 1. The molecule has 1 aromatic heterocycles. The van der Waals surface area contributed by atoms with E-state index in [9.17, 15) is 4.79 Å². The normalized spacial score (nSPS) is 16.3. The smallest absolute Gasteiger partial charge is 0.233 e. The van der Waals surface area contributed by atoms with Crippen LogP contribution in [-0.4, -0.2) is 28.6 Å². The molecule has 4 rings (SSSR count). The Labute approximate surface area is 158 Å². The lowest BCUT2D eigenvalue weighted by Crippen LogP contribution is -2.34. The van der Waals surface area contributed by atoms with Crippen molar-refractivity contribution in [1.29, 1.82) is 0 Å². The molecule has 0 saturated carbocycles. The molecule has 0 fully saturated rings. The number of rotatable bonds is 4. The van der Waals surface area contributed by atoms with Gasteiger partial charge in [0.15, 0.2) is 0 Å². The number of hydrogen-bond acceptors (Lipinski definition) is 3. The van der Waals surface area contributed by atoms with Gasteiger partial charge in [-0.1, -0.05) is 42.5 Å². The van der Waals surface area contributed by atoms with Crippen molar-refractivity contribution in [3.05, 3.63) is 71.9 Å². The van der Waals surface area contributed by atoms with E-state index < -0.39 is 0 Å². The SMILES string of the molecule is CN(C(=O)CSc1ccnc2ccccc12)C1CCCc2ccccc21. The van der Waals surface area contributed by atoms with Crippen LogP contribution in [0.25, 0.3) is 10.9 Å². The van der Waals surface area contributed by atoms with E-state index in [1.807, 2.05) is 42.4 Å². The number of carbonyl (C=O) groups excluding carboxylic acids is 1. The molecule has 3 aromatic rings. The van der Waals surface area contributed by atoms with E-state index in [2.05, 4.69) is 35.3 Å². The van der Waals surface area contributed by atoms with Crippen molar-refractivity contribution in [3.8, 4) is 0 Å². The molecule has 4 heteroatoms. The average molecular weight is 362 g/mol. The Morgan fingerprint density at radius 3 is 2.88 bits per heavy atom. The number of amides is 1. The number of benzene rings is 2. The van der Waals surface area contributed by atoms with Gasteiger partial charge in [-0.25, -0.2) is 0 Å². The van der Waals surface area contributed by atoms with E-state index in [-0.39, 0.29) is 11.9 Å². The van der Waals surface area contributed by atoms with Crippen molar-refractivity contribution in [1.82, 2.24) is 9.88 Å². The molecule has 0 bridgehead atoms. The zero-order valence-corrected chi connectivity index (χ0v) is 15.7. The van der Waals surface area contributed by atoms with Crippen LogP contribution < -0.4 is 0 Å². The first-order chi connectivity index (χ1) is 12.7. The molecule has 3 nitrogen and oxygen atoms in total. The van der Waals surface area contributed by atoms with Crippen LogP contribution in [0.15, 0.2) is 65.7 Å². The third kappa shape index (κ3) is 3.34. The highest BCUT2D eigenvalue weighted by Gasteiger charge is 2.26. The van der Waals surface area contributed by atoms with Gasteiger partial charge in [0.25, 0.3) is 0 Å². The minimum absolute atomic E-state index is 0.178. The fraction of sp³-hybridized carbons (Fsp3) is 0.273. The van der Waals surface area contributed by atoms with Crippen molar-refractivity contribution in [3.63, 3.8) is 0 Å². The van der Waals surface area contributed by atoms with Crippen LogP contribution in [0.4, 0.5) is 0 Å². The maximum absolute atomic E-state index is 12.9. The molecule has 1 unspecified atom stereocenters. The Balaban J connectivity index is 1.48. The standard InChI is InChI=1S/C22H22N2OS/c1-24(20-12-6-8-16-7-2-3-9-17(16)20)22(25)15-26-21-13-14-23-19-11-5-4-10-18(19)21/h2-5,7,9-11,13-14,20H,6,8,12,15H2,1H3. The number of nitrogens with zero attached hydrogens (tertiary/aromatic N) is 2. The van der Waals surface area contributed by atoms with Gasteiger partial charge in [-0.15, -0.1) is 11.8 Å². The van der Waals surface area contributed by atoms with Crippen LogP contribution in [0.3, 0.4) is 0 Å². The quantitative estimate of drug-likeness (QED) is 0.621. The lowest BCUT2D eigenvalue weighted by Gasteiger charge is -2.33. The van der Waals surface area contributed by atoms with Gasteiger partial charge in [-0.05, 0) is 42.5 Å². The van der Waals surface area contributed by atoms with E-state index in [0.717, 1.165) is 35.1 Å². The van der Waals surface area contributed by atoms with Crippen molar-refractivity contribution in [2.24, 2.45) is 0 Å². The number of hydrogen-bond donors (Lipinski definition) is 0. The lowest BCUT2D eigenvalue weighted by molar-refractivity contribution is -0.129. The van der Waals surface area contributed by atoms with E-state index in [1.54, 1.807) is 11.8 Å². The minimum atomic E-state index is 0.178. The summed E-state index contributed by atoms with van der Waals surface area (Å²) < 4.78 is 0. The Morgan fingerprint density at radius 1 is 1.15 bits per heavy atom. The van der Waals surface area contributed by atoms with Crippen LogP contribution in [0.5, 0.6) is 0 Å². The molecule has 132 valence electrons. The summed E-state index contributed by atoms with van der Waals surface area (Å²) in [7, 11) is 1.94. The van der Waals surface area contributed by atoms with Crippen molar-refractivity contribution >= 4 is 28.6 Å². The lowest BCUT2D eigenvalue weighted by atomic mass is 9.87. The van der Waals surface area contributed by atoms with Gasteiger partial charge in [0.05, 0.1) is 17.3 Å². The summed E-state index contributed by atoms with van der Waals surface area (Å²) in [5.74, 6) is 0.626. The zero-order valence-electron chi connectivity index (χ0n) is 14.9. The van der Waals surface area contributed by atoms with Gasteiger partial charge in [-0.2, -0.15) is 0 Å². The Bertz CT molecular complexity index is 935. The van der Waals surface area contributed by atoms with Gasteiger partial charge in [0, 0.05) is 23.5 Å². The molecule has 0 saturated heterocycles. The molecule has 1 aliphatic rings. The van der Waals surface area contributed by atoms with Gasteiger partial charge >= 0.3 is 0 Å². The van der Waals surface area contributed by atoms with Crippen LogP contribution in [0.2, 0.25) is 0 Å². The number of aryl methyl sites for hydroxylation is 1. The van der Waals surface area contributed by atoms with Crippen LogP contribution >= 0.6 is 11.8 Å². The molecule has 1 aliphatic carbocycles. The molecule has 1 amide bonds. The molecule has 1 heterocycles. The van der Waals surface area contributed by atoms with Crippen molar-refractivity contribution < 1.29 is 4.79 Å². The second kappa shape index (κ2) is 7.50. The van der Waals surface area contributed by atoms with Crippen LogP contribution in [0.1, 0.15) is 30.0 Å². The van der Waals surface area contributed by atoms with Gasteiger partial charge in [0.2, 0.25) is 5.91 Å². The maximum atomic E-state index is 12.9. The summed E-state index contributed by atoms with van der Waals surface area (Å²) in [6.45, 7) is 0. The molecule has 0 radical (unpaired) electrons. The molecular weight excluding hydrogens is 340 g/mol. The Kier molecular flexibility index (Phi) is 4.93. The number of pyridine rings is 1. The number of carbonyl (C=O) groups is 1. The Hall–Kier alpha value is -2.33. The molecule has 2 aromatic carbocycles. The largest absolute Gasteiger partial charge is 0.338 e. The third-order valence-corrected chi connectivity index (χ3v) is 6.22. The monoisotopic (exact) mass is 362 g/mol. The number of aromatic nitrogens is 1. The summed E-state index contributed by atoms with van der Waals surface area (Å²) in [6.07, 6.45) is 5.12. The van der Waals surface area contributed by atoms with E-state index in [0.29, 0.717) is 5.75 Å². The third-order valence-electron chi connectivity index (χ3n) is 5.16. The molecule has 0 spiro atoms. The van der Waals surface area contributed by atoms with E-state index in [4.69, 9.17) is 0 Å².